The van der Waals surface area contributed by atoms with Gasteiger partial charge in [0.1, 0.15) is 11.5 Å². The fourth-order valence-electron chi connectivity index (χ4n) is 4.33. The molecule has 0 saturated carbocycles. The third-order valence-corrected chi connectivity index (χ3v) is 5.72. The highest BCUT2D eigenvalue weighted by molar-refractivity contribution is 5.98. The van der Waals surface area contributed by atoms with E-state index >= 15 is 0 Å². The van der Waals surface area contributed by atoms with Crippen LogP contribution in [0.3, 0.4) is 0 Å². The van der Waals surface area contributed by atoms with Crippen LogP contribution in [0.4, 0.5) is 0 Å². The van der Waals surface area contributed by atoms with Crippen molar-refractivity contribution >= 4 is 42.1 Å². The second-order valence-corrected chi connectivity index (χ2v) is 8.47. The van der Waals surface area contributed by atoms with Crippen molar-refractivity contribution in [1.82, 2.24) is 14.9 Å². The number of aromatic nitrogens is 2. The van der Waals surface area contributed by atoms with Crippen molar-refractivity contribution in [1.29, 1.82) is 0 Å². The first kappa shape index (κ1) is 27.4. The zero-order valence-corrected chi connectivity index (χ0v) is 21.0. The highest BCUT2D eigenvalue weighted by Gasteiger charge is 2.34. The standard InChI is InChI=1S/C25H28N4O3.2ClH/c1-15(2)13-29-14-17-9-22(30)19(24-27-12-20(28-24)25(31)32-3)10-18(17)23(21(29)11-26)16-7-5-4-6-8-16;;/h4-8,10,12,14-15,19H,9,11,13,26H2,1-3H3,(H,27,28);2*1H. The molecular weight excluding hydrogens is 475 g/mol. The van der Waals surface area contributed by atoms with E-state index in [2.05, 4.69) is 47.0 Å². The monoisotopic (exact) mass is 504 g/mol. The molecule has 0 radical (unpaired) electrons. The third kappa shape index (κ3) is 5.27. The second kappa shape index (κ2) is 11.5. The van der Waals surface area contributed by atoms with E-state index in [1.807, 2.05) is 24.3 Å². The van der Waals surface area contributed by atoms with E-state index in [0.717, 1.165) is 34.5 Å². The summed E-state index contributed by atoms with van der Waals surface area (Å²) in [6.07, 6.45) is 5.70. The number of rotatable bonds is 6. The number of halogens is 2. The maximum absolute atomic E-state index is 13.1. The number of ether oxygens (including phenoxy) is 1. The molecule has 1 aromatic heterocycles. The van der Waals surface area contributed by atoms with E-state index in [4.69, 9.17) is 10.5 Å². The number of imidazole rings is 1. The Hall–Kier alpha value is -2.87. The van der Waals surface area contributed by atoms with Crippen LogP contribution < -0.4 is 5.73 Å². The number of H-pyrrole nitrogens is 1. The zero-order valence-electron chi connectivity index (χ0n) is 19.4. The van der Waals surface area contributed by atoms with E-state index in [-0.39, 0.29) is 42.7 Å². The largest absolute Gasteiger partial charge is 0.464 e. The fraction of sp³-hybridized carbons (Fsp3) is 0.320. The molecule has 0 bridgehead atoms. The number of carbonyl (C=O) groups is 2. The van der Waals surface area contributed by atoms with E-state index in [1.54, 1.807) is 0 Å². The first-order valence-corrected chi connectivity index (χ1v) is 10.8. The number of nitrogens with zero attached hydrogens (tertiary/aromatic N) is 2. The third-order valence-electron chi connectivity index (χ3n) is 5.72. The topological polar surface area (TPSA) is 101 Å². The van der Waals surface area contributed by atoms with Crippen LogP contribution in [0.2, 0.25) is 0 Å². The molecule has 1 aliphatic heterocycles. The Morgan fingerprint density at radius 1 is 1.26 bits per heavy atom. The highest BCUT2D eigenvalue weighted by atomic mass is 35.5. The molecule has 0 amide bonds. The Kier molecular flexibility index (Phi) is 9.27. The Bertz CT molecular complexity index is 1140. The van der Waals surface area contributed by atoms with Gasteiger partial charge in [-0.2, -0.15) is 0 Å². The van der Waals surface area contributed by atoms with E-state index in [1.165, 1.54) is 13.3 Å². The van der Waals surface area contributed by atoms with Gasteiger partial charge in [0.25, 0.3) is 0 Å². The lowest BCUT2D eigenvalue weighted by molar-refractivity contribution is -0.119. The van der Waals surface area contributed by atoms with Crippen LogP contribution in [-0.2, 0) is 9.53 Å². The molecular formula is C25H30Cl2N4O3. The van der Waals surface area contributed by atoms with Crippen LogP contribution >= 0.6 is 24.8 Å². The maximum atomic E-state index is 13.1. The molecule has 182 valence electrons. The molecule has 3 N–H and O–H groups in total. The number of allylic oxidation sites excluding steroid dienone is 4. The molecule has 2 aromatic rings. The minimum Gasteiger partial charge on any atom is -0.464 e. The molecule has 0 fully saturated rings. The van der Waals surface area contributed by atoms with Gasteiger partial charge in [0.15, 0.2) is 5.78 Å². The summed E-state index contributed by atoms with van der Waals surface area (Å²) in [6, 6.07) is 10.1. The molecule has 34 heavy (non-hydrogen) atoms. The molecule has 1 aliphatic carbocycles. The molecule has 2 aliphatic rings. The average Bonchev–Trinajstić information content (AvgIpc) is 3.27. The molecule has 1 aromatic carbocycles. The van der Waals surface area contributed by atoms with E-state index in [9.17, 15) is 9.59 Å². The van der Waals surface area contributed by atoms with Crippen LogP contribution in [0.25, 0.3) is 5.57 Å². The van der Waals surface area contributed by atoms with Gasteiger partial charge in [-0.1, -0.05) is 50.3 Å². The smallest absolute Gasteiger partial charge is 0.356 e. The van der Waals surface area contributed by atoms with Gasteiger partial charge in [0.2, 0.25) is 0 Å². The number of hydrogen-bond donors (Lipinski definition) is 2. The van der Waals surface area contributed by atoms with Gasteiger partial charge >= 0.3 is 5.97 Å². The van der Waals surface area contributed by atoms with Crippen molar-refractivity contribution in [2.24, 2.45) is 11.7 Å². The van der Waals surface area contributed by atoms with E-state index in [0.29, 0.717) is 18.3 Å². The normalized spacial score (nSPS) is 17.4. The Morgan fingerprint density at radius 2 is 1.97 bits per heavy atom. The number of carbonyl (C=O) groups excluding carboxylic acids is 2. The van der Waals surface area contributed by atoms with Gasteiger partial charge < -0.3 is 20.4 Å². The number of fused-ring (bicyclic) bond motifs is 1. The van der Waals surface area contributed by atoms with Crippen molar-refractivity contribution in [3.8, 4) is 0 Å². The average molecular weight is 505 g/mol. The predicted molar refractivity (Wildman–Crippen MR) is 137 cm³/mol. The second-order valence-electron chi connectivity index (χ2n) is 8.47. The van der Waals surface area contributed by atoms with Crippen molar-refractivity contribution in [3.05, 3.63) is 82.7 Å². The molecule has 9 heteroatoms. The molecule has 1 atom stereocenters. The van der Waals surface area contributed by atoms with Crippen molar-refractivity contribution in [3.63, 3.8) is 0 Å². The summed E-state index contributed by atoms with van der Waals surface area (Å²) in [4.78, 5) is 34.4. The van der Waals surface area contributed by atoms with Gasteiger partial charge in [-0.3, -0.25) is 4.79 Å². The molecule has 0 spiro atoms. The molecule has 0 saturated heterocycles. The lowest BCUT2D eigenvalue weighted by Crippen LogP contribution is -2.33. The Labute approximate surface area is 212 Å². The summed E-state index contributed by atoms with van der Waals surface area (Å²) < 4.78 is 4.75. The number of methoxy groups -OCH3 is 1. The van der Waals surface area contributed by atoms with Crippen LogP contribution in [0.5, 0.6) is 0 Å². The summed E-state index contributed by atoms with van der Waals surface area (Å²) in [5, 5.41) is 0. The van der Waals surface area contributed by atoms with Gasteiger partial charge in [-0.15, -0.1) is 24.8 Å². The number of ketones is 1. The maximum Gasteiger partial charge on any atom is 0.356 e. The van der Waals surface area contributed by atoms with Crippen LogP contribution in [0, 0.1) is 5.92 Å². The van der Waals surface area contributed by atoms with E-state index < -0.39 is 11.9 Å². The lowest BCUT2D eigenvalue weighted by Gasteiger charge is -2.36. The highest BCUT2D eigenvalue weighted by Crippen LogP contribution is 2.43. The minimum absolute atomic E-state index is 0. The summed E-state index contributed by atoms with van der Waals surface area (Å²) in [5.41, 5.74) is 11.6. The molecule has 2 heterocycles. The lowest BCUT2D eigenvalue weighted by atomic mass is 9.78. The zero-order chi connectivity index (χ0) is 22.8. The Balaban J connectivity index is 0.00000204. The van der Waals surface area contributed by atoms with Gasteiger partial charge in [-0.25, -0.2) is 9.78 Å². The minimum atomic E-state index is -0.574. The van der Waals surface area contributed by atoms with Crippen molar-refractivity contribution in [2.75, 3.05) is 20.2 Å². The summed E-state index contributed by atoms with van der Waals surface area (Å²) >= 11 is 0. The fourth-order valence-corrected chi connectivity index (χ4v) is 4.33. The number of aromatic amines is 1. The number of hydrogen-bond acceptors (Lipinski definition) is 6. The quantitative estimate of drug-likeness (QED) is 0.570. The number of nitrogens with two attached hydrogens (primary N) is 1. The summed E-state index contributed by atoms with van der Waals surface area (Å²) in [5.74, 6) is -0.192. The van der Waals surface area contributed by atoms with Crippen LogP contribution in [-0.4, -0.2) is 46.8 Å². The molecule has 7 nitrogen and oxygen atoms in total. The first-order valence-electron chi connectivity index (χ1n) is 10.8. The number of benzene rings is 1. The van der Waals surface area contributed by atoms with Crippen LogP contribution in [0.1, 0.15) is 48.1 Å². The SMILES string of the molecule is COC(=O)c1cnc(C2C=C3C(=CN(CC(C)C)C(CN)=C3c3ccccc3)CC2=O)[nH]1.Cl.Cl. The molecule has 4 rings (SSSR count). The van der Waals surface area contributed by atoms with Crippen molar-refractivity contribution in [2.45, 2.75) is 26.2 Å². The van der Waals surface area contributed by atoms with Crippen molar-refractivity contribution < 1.29 is 14.3 Å². The Morgan fingerprint density at radius 3 is 2.59 bits per heavy atom. The number of Topliss-reactive ketones (excluding diaryl/α,β-unsaturated/α-hetero) is 1. The first-order chi connectivity index (χ1) is 15.4. The predicted octanol–water partition coefficient (Wildman–Crippen LogP) is 4.25. The van der Waals surface area contributed by atoms with Gasteiger partial charge in [0.05, 0.1) is 19.2 Å². The van der Waals surface area contributed by atoms with Gasteiger partial charge in [0, 0.05) is 37.0 Å². The summed E-state index contributed by atoms with van der Waals surface area (Å²) in [6.45, 7) is 5.53. The molecule has 1 unspecified atom stereocenters. The number of nitrogens with one attached hydrogen (secondary N) is 1. The number of esters is 1. The summed E-state index contributed by atoms with van der Waals surface area (Å²) in [7, 11) is 1.31. The van der Waals surface area contributed by atoms with Gasteiger partial charge in [-0.05, 0) is 22.6 Å². The van der Waals surface area contributed by atoms with Crippen LogP contribution in [0.15, 0.2) is 65.6 Å².